The molecule has 1 aliphatic heterocycles. The van der Waals surface area contributed by atoms with Gasteiger partial charge in [-0.25, -0.2) is 0 Å². The van der Waals surface area contributed by atoms with Crippen LogP contribution in [0.5, 0.6) is 5.75 Å². The molecule has 19 heavy (non-hydrogen) atoms. The van der Waals surface area contributed by atoms with Crippen molar-refractivity contribution in [1.82, 2.24) is 16.2 Å². The average Bonchev–Trinajstić information content (AvgIpc) is 2.98. The second-order valence-corrected chi connectivity index (χ2v) is 4.29. The van der Waals surface area contributed by atoms with Gasteiger partial charge in [0.2, 0.25) is 0 Å². The number of carbonyl (C=O) groups excluding carboxylic acids is 2. The molecule has 0 aliphatic carbocycles. The van der Waals surface area contributed by atoms with Crippen molar-refractivity contribution in [3.05, 3.63) is 29.8 Å². The van der Waals surface area contributed by atoms with Crippen LogP contribution >= 0.6 is 0 Å². The molecule has 0 spiro atoms. The van der Waals surface area contributed by atoms with Gasteiger partial charge in [-0.1, -0.05) is 12.1 Å². The molecule has 0 saturated carbocycles. The highest BCUT2D eigenvalue weighted by molar-refractivity contribution is 5.98. The zero-order chi connectivity index (χ0) is 13.7. The Labute approximate surface area is 111 Å². The van der Waals surface area contributed by atoms with Gasteiger partial charge in [-0.3, -0.25) is 20.4 Å². The molecule has 2 rings (SSSR count). The van der Waals surface area contributed by atoms with E-state index in [-0.39, 0.29) is 11.9 Å². The van der Waals surface area contributed by atoms with E-state index in [1.54, 1.807) is 24.3 Å². The fourth-order valence-electron chi connectivity index (χ4n) is 2.01. The Kier molecular flexibility index (Phi) is 4.35. The molecule has 3 N–H and O–H groups in total. The maximum Gasteiger partial charge on any atom is 0.273 e. The summed E-state index contributed by atoms with van der Waals surface area (Å²) in [5, 5.41) is 3.05. The number of hydrazine groups is 1. The Morgan fingerprint density at radius 2 is 2.11 bits per heavy atom. The van der Waals surface area contributed by atoms with E-state index < -0.39 is 5.91 Å². The monoisotopic (exact) mass is 263 g/mol. The smallest absolute Gasteiger partial charge is 0.273 e. The predicted octanol–water partition coefficient (Wildman–Crippen LogP) is 0.208. The summed E-state index contributed by atoms with van der Waals surface area (Å²) in [6.45, 7) is 0.832. The van der Waals surface area contributed by atoms with Crippen LogP contribution in [-0.2, 0) is 4.79 Å². The van der Waals surface area contributed by atoms with Crippen LogP contribution in [0.1, 0.15) is 23.2 Å². The Balaban J connectivity index is 1.92. The summed E-state index contributed by atoms with van der Waals surface area (Å²) >= 11 is 0. The maximum absolute atomic E-state index is 11.9. The zero-order valence-electron chi connectivity index (χ0n) is 10.7. The predicted molar refractivity (Wildman–Crippen MR) is 69.6 cm³/mol. The summed E-state index contributed by atoms with van der Waals surface area (Å²) < 4.78 is 5.09. The van der Waals surface area contributed by atoms with E-state index in [1.807, 2.05) is 0 Å². The van der Waals surface area contributed by atoms with Crippen molar-refractivity contribution in [2.45, 2.75) is 18.9 Å². The highest BCUT2D eigenvalue weighted by atomic mass is 16.5. The molecular weight excluding hydrogens is 246 g/mol. The van der Waals surface area contributed by atoms with Crippen LogP contribution in [0.3, 0.4) is 0 Å². The Morgan fingerprint density at radius 1 is 1.32 bits per heavy atom. The SMILES string of the molecule is COc1ccccc1C(=O)NNC(=O)C1CCCN1. The number of carbonyl (C=O) groups is 2. The summed E-state index contributed by atoms with van der Waals surface area (Å²) in [4.78, 5) is 23.6. The number of ether oxygens (including phenoxy) is 1. The molecule has 0 radical (unpaired) electrons. The number of rotatable bonds is 3. The Bertz CT molecular complexity index is 470. The number of hydrogen-bond donors (Lipinski definition) is 3. The first-order valence-corrected chi connectivity index (χ1v) is 6.19. The first-order valence-electron chi connectivity index (χ1n) is 6.19. The lowest BCUT2D eigenvalue weighted by molar-refractivity contribution is -0.123. The van der Waals surface area contributed by atoms with Crippen LogP contribution in [0, 0.1) is 0 Å². The largest absolute Gasteiger partial charge is 0.496 e. The standard InChI is InChI=1S/C13H17N3O3/c1-19-11-7-3-2-5-9(11)12(17)15-16-13(18)10-6-4-8-14-10/h2-3,5,7,10,14H,4,6,8H2,1H3,(H,15,17)(H,16,18). The second kappa shape index (κ2) is 6.19. The molecule has 1 heterocycles. The van der Waals surface area contributed by atoms with Gasteiger partial charge < -0.3 is 10.1 Å². The van der Waals surface area contributed by atoms with Gasteiger partial charge in [-0.15, -0.1) is 0 Å². The number of amides is 2. The normalized spacial score (nSPS) is 17.8. The number of para-hydroxylation sites is 1. The van der Waals surface area contributed by atoms with E-state index in [2.05, 4.69) is 16.2 Å². The number of hydrogen-bond acceptors (Lipinski definition) is 4. The maximum atomic E-state index is 11.9. The third-order valence-electron chi connectivity index (χ3n) is 3.03. The topological polar surface area (TPSA) is 79.5 Å². The highest BCUT2D eigenvalue weighted by Gasteiger charge is 2.22. The van der Waals surface area contributed by atoms with E-state index in [0.29, 0.717) is 11.3 Å². The van der Waals surface area contributed by atoms with E-state index >= 15 is 0 Å². The van der Waals surface area contributed by atoms with Crippen LogP contribution < -0.4 is 20.9 Å². The van der Waals surface area contributed by atoms with Crippen molar-refractivity contribution in [2.75, 3.05) is 13.7 Å². The van der Waals surface area contributed by atoms with E-state index in [1.165, 1.54) is 7.11 Å². The van der Waals surface area contributed by atoms with Gasteiger partial charge in [-0.05, 0) is 31.5 Å². The number of methoxy groups -OCH3 is 1. The molecule has 1 aliphatic rings. The third kappa shape index (κ3) is 3.23. The third-order valence-corrected chi connectivity index (χ3v) is 3.03. The number of nitrogens with one attached hydrogen (secondary N) is 3. The van der Waals surface area contributed by atoms with Crippen LogP contribution in [0.2, 0.25) is 0 Å². The summed E-state index contributed by atoms with van der Waals surface area (Å²) in [7, 11) is 1.49. The molecular formula is C13H17N3O3. The first kappa shape index (κ1) is 13.4. The van der Waals surface area contributed by atoms with Gasteiger partial charge >= 0.3 is 0 Å². The molecule has 1 aromatic carbocycles. The van der Waals surface area contributed by atoms with Crippen molar-refractivity contribution in [3.8, 4) is 5.75 Å². The number of benzene rings is 1. The van der Waals surface area contributed by atoms with Crippen LogP contribution in [0.25, 0.3) is 0 Å². The van der Waals surface area contributed by atoms with Crippen molar-refractivity contribution in [3.63, 3.8) is 0 Å². The van der Waals surface area contributed by atoms with Crippen molar-refractivity contribution in [2.24, 2.45) is 0 Å². The lowest BCUT2D eigenvalue weighted by Gasteiger charge is -2.13. The van der Waals surface area contributed by atoms with Gasteiger partial charge in [0, 0.05) is 0 Å². The van der Waals surface area contributed by atoms with E-state index in [0.717, 1.165) is 19.4 Å². The summed E-state index contributed by atoms with van der Waals surface area (Å²) in [5.41, 5.74) is 5.19. The second-order valence-electron chi connectivity index (χ2n) is 4.29. The molecule has 1 unspecified atom stereocenters. The fraction of sp³-hybridized carbons (Fsp3) is 0.385. The van der Waals surface area contributed by atoms with E-state index in [4.69, 9.17) is 4.74 Å². The van der Waals surface area contributed by atoms with Gasteiger partial charge in [-0.2, -0.15) is 0 Å². The zero-order valence-corrected chi connectivity index (χ0v) is 10.7. The molecule has 0 aromatic heterocycles. The van der Waals surface area contributed by atoms with Crippen LogP contribution in [-0.4, -0.2) is 31.5 Å². The highest BCUT2D eigenvalue weighted by Crippen LogP contribution is 2.16. The molecule has 6 heteroatoms. The van der Waals surface area contributed by atoms with Crippen molar-refractivity contribution in [1.29, 1.82) is 0 Å². The van der Waals surface area contributed by atoms with Crippen LogP contribution in [0.15, 0.2) is 24.3 Å². The van der Waals surface area contributed by atoms with E-state index in [9.17, 15) is 9.59 Å². The Morgan fingerprint density at radius 3 is 2.79 bits per heavy atom. The fourth-order valence-corrected chi connectivity index (χ4v) is 2.01. The van der Waals surface area contributed by atoms with Crippen molar-refractivity contribution < 1.29 is 14.3 Å². The molecule has 2 amide bonds. The molecule has 102 valence electrons. The van der Waals surface area contributed by atoms with Gasteiger partial charge in [0.1, 0.15) is 5.75 Å². The molecule has 1 saturated heterocycles. The first-order chi connectivity index (χ1) is 9.22. The van der Waals surface area contributed by atoms with Gasteiger partial charge in [0.25, 0.3) is 11.8 Å². The molecule has 6 nitrogen and oxygen atoms in total. The van der Waals surface area contributed by atoms with Crippen LogP contribution in [0.4, 0.5) is 0 Å². The minimum Gasteiger partial charge on any atom is -0.496 e. The summed E-state index contributed by atoms with van der Waals surface area (Å²) in [6.07, 6.45) is 1.76. The van der Waals surface area contributed by atoms with Gasteiger partial charge in [0.15, 0.2) is 0 Å². The summed E-state index contributed by atoms with van der Waals surface area (Å²) in [6, 6.07) is 6.61. The van der Waals surface area contributed by atoms with Gasteiger partial charge in [0.05, 0.1) is 18.7 Å². The Hall–Kier alpha value is -2.08. The quantitative estimate of drug-likeness (QED) is 0.681. The minimum atomic E-state index is -0.399. The molecule has 1 fully saturated rings. The average molecular weight is 263 g/mol. The molecule has 1 atom stereocenters. The lowest BCUT2D eigenvalue weighted by atomic mass is 10.2. The molecule has 1 aromatic rings. The molecule has 0 bridgehead atoms. The lowest BCUT2D eigenvalue weighted by Crippen LogP contribution is -2.49. The minimum absolute atomic E-state index is 0.222. The summed E-state index contributed by atoms with van der Waals surface area (Å²) in [5.74, 6) is -0.155. The van der Waals surface area contributed by atoms with Crippen molar-refractivity contribution >= 4 is 11.8 Å².